The van der Waals surface area contributed by atoms with E-state index in [9.17, 15) is 19.2 Å². The molecule has 0 spiro atoms. The van der Waals surface area contributed by atoms with E-state index < -0.39 is 5.54 Å². The molecule has 0 saturated carbocycles. The summed E-state index contributed by atoms with van der Waals surface area (Å²) in [5, 5.41) is 12.1. The molecule has 1 unspecified atom stereocenters. The summed E-state index contributed by atoms with van der Waals surface area (Å²) in [5.74, 6) is -0.686. The second-order valence-electron chi connectivity index (χ2n) is 7.45. The van der Waals surface area contributed by atoms with Gasteiger partial charge in [-0.1, -0.05) is 13.8 Å². The number of carbonyl (C=O) groups excluding carboxylic acids is 2. The molecular formula is C20H27FN4O2. The van der Waals surface area contributed by atoms with Crippen LogP contribution in [0.1, 0.15) is 37.6 Å². The Morgan fingerprint density at radius 2 is 1.89 bits per heavy atom. The molecule has 1 fully saturated rings. The van der Waals surface area contributed by atoms with E-state index in [4.69, 9.17) is 0 Å². The van der Waals surface area contributed by atoms with Gasteiger partial charge in [0.25, 0.3) is 5.91 Å². The standard InChI is InChI=1S/C20H27FN4O2/c1-15(2)20(3,14-22)23-18(26)13-24-9-4-10-25(12-11-24)19(27)16-5-7-17(21)8-6-16/h5-8,15H,4,9-13H2,1-3H3,(H,23,26). The zero-order valence-corrected chi connectivity index (χ0v) is 16.2. The van der Waals surface area contributed by atoms with Gasteiger partial charge in [0.2, 0.25) is 5.91 Å². The van der Waals surface area contributed by atoms with Crippen molar-refractivity contribution in [1.29, 1.82) is 5.26 Å². The number of halogens is 1. The fraction of sp³-hybridized carbons (Fsp3) is 0.550. The number of hydrogen-bond acceptors (Lipinski definition) is 4. The van der Waals surface area contributed by atoms with E-state index in [1.807, 2.05) is 18.7 Å². The SMILES string of the molecule is CC(C)C(C)(C#N)NC(=O)CN1CCCN(C(=O)c2ccc(F)cc2)CC1. The van der Waals surface area contributed by atoms with Gasteiger partial charge < -0.3 is 10.2 Å². The monoisotopic (exact) mass is 374 g/mol. The first-order chi connectivity index (χ1) is 12.7. The average molecular weight is 374 g/mol. The molecule has 6 nitrogen and oxygen atoms in total. The molecule has 1 aliphatic rings. The van der Waals surface area contributed by atoms with E-state index in [2.05, 4.69) is 11.4 Å². The largest absolute Gasteiger partial charge is 0.337 e. The van der Waals surface area contributed by atoms with Gasteiger partial charge in [0.15, 0.2) is 0 Å². The number of nitrogens with one attached hydrogen (secondary N) is 1. The molecule has 2 amide bonds. The van der Waals surface area contributed by atoms with Crippen LogP contribution in [0, 0.1) is 23.1 Å². The molecule has 0 aliphatic carbocycles. The van der Waals surface area contributed by atoms with Crippen molar-refractivity contribution >= 4 is 11.8 Å². The summed E-state index contributed by atoms with van der Waals surface area (Å²) in [4.78, 5) is 28.6. The molecule has 0 radical (unpaired) electrons. The molecule has 1 heterocycles. The summed E-state index contributed by atoms with van der Waals surface area (Å²) in [7, 11) is 0. The molecule has 2 rings (SSSR count). The van der Waals surface area contributed by atoms with Crippen molar-refractivity contribution in [2.45, 2.75) is 32.7 Å². The van der Waals surface area contributed by atoms with Crippen LogP contribution in [0.25, 0.3) is 0 Å². The maximum Gasteiger partial charge on any atom is 0.253 e. The van der Waals surface area contributed by atoms with E-state index in [-0.39, 0.29) is 30.1 Å². The summed E-state index contributed by atoms with van der Waals surface area (Å²) in [6.07, 6.45) is 0.750. The lowest BCUT2D eigenvalue weighted by atomic mass is 9.90. The summed E-state index contributed by atoms with van der Waals surface area (Å²) >= 11 is 0. The molecule has 0 bridgehead atoms. The Morgan fingerprint density at radius 3 is 2.48 bits per heavy atom. The van der Waals surface area contributed by atoms with E-state index in [0.717, 1.165) is 6.42 Å². The Morgan fingerprint density at radius 1 is 1.22 bits per heavy atom. The molecule has 27 heavy (non-hydrogen) atoms. The summed E-state index contributed by atoms with van der Waals surface area (Å²) in [6, 6.07) is 7.71. The smallest absolute Gasteiger partial charge is 0.253 e. The third-order valence-electron chi connectivity index (χ3n) is 5.12. The topological polar surface area (TPSA) is 76.4 Å². The number of nitrogens with zero attached hydrogens (tertiary/aromatic N) is 3. The lowest BCUT2D eigenvalue weighted by Crippen LogP contribution is -2.52. The van der Waals surface area contributed by atoms with Crippen LogP contribution in [0.15, 0.2) is 24.3 Å². The van der Waals surface area contributed by atoms with Crippen molar-refractivity contribution in [3.05, 3.63) is 35.6 Å². The van der Waals surface area contributed by atoms with E-state index in [1.54, 1.807) is 11.8 Å². The molecule has 1 atom stereocenters. The second-order valence-corrected chi connectivity index (χ2v) is 7.45. The normalized spacial score (nSPS) is 17.7. The van der Waals surface area contributed by atoms with Gasteiger partial charge in [0.1, 0.15) is 11.4 Å². The molecule has 7 heteroatoms. The molecule has 1 aromatic carbocycles. The first kappa shape index (κ1) is 20.8. The minimum absolute atomic E-state index is 0.000550. The fourth-order valence-corrected chi connectivity index (χ4v) is 2.94. The van der Waals surface area contributed by atoms with E-state index in [1.165, 1.54) is 24.3 Å². The molecular weight excluding hydrogens is 347 g/mol. The summed E-state index contributed by atoms with van der Waals surface area (Å²) in [6.45, 7) is 8.09. The summed E-state index contributed by atoms with van der Waals surface area (Å²) in [5.41, 5.74) is -0.433. The number of rotatable bonds is 5. The highest BCUT2D eigenvalue weighted by Gasteiger charge is 2.30. The maximum absolute atomic E-state index is 13.0. The van der Waals surface area contributed by atoms with Crippen LogP contribution in [-0.4, -0.2) is 59.9 Å². The lowest BCUT2D eigenvalue weighted by Gasteiger charge is -2.29. The van der Waals surface area contributed by atoms with Crippen LogP contribution in [0.5, 0.6) is 0 Å². The Balaban J connectivity index is 1.91. The molecule has 1 N–H and O–H groups in total. The van der Waals surface area contributed by atoms with Crippen molar-refractivity contribution in [2.24, 2.45) is 5.92 Å². The number of benzene rings is 1. The van der Waals surface area contributed by atoms with Crippen LogP contribution >= 0.6 is 0 Å². The van der Waals surface area contributed by atoms with Gasteiger partial charge in [-0.3, -0.25) is 14.5 Å². The third-order valence-corrected chi connectivity index (χ3v) is 5.12. The predicted octanol–water partition coefficient (Wildman–Crippen LogP) is 2.03. The van der Waals surface area contributed by atoms with Crippen molar-refractivity contribution in [3.8, 4) is 6.07 Å². The Bertz CT molecular complexity index is 714. The first-order valence-electron chi connectivity index (χ1n) is 9.24. The van der Waals surface area contributed by atoms with Crippen molar-refractivity contribution in [2.75, 3.05) is 32.7 Å². The highest BCUT2D eigenvalue weighted by atomic mass is 19.1. The van der Waals surface area contributed by atoms with Gasteiger partial charge >= 0.3 is 0 Å². The lowest BCUT2D eigenvalue weighted by molar-refractivity contribution is -0.123. The van der Waals surface area contributed by atoms with Crippen LogP contribution in [0.3, 0.4) is 0 Å². The maximum atomic E-state index is 13.0. The fourth-order valence-electron chi connectivity index (χ4n) is 2.94. The van der Waals surface area contributed by atoms with Gasteiger partial charge in [0.05, 0.1) is 12.6 Å². The second kappa shape index (κ2) is 8.96. The van der Waals surface area contributed by atoms with E-state index in [0.29, 0.717) is 31.7 Å². The number of nitriles is 1. The van der Waals surface area contributed by atoms with Crippen LogP contribution < -0.4 is 5.32 Å². The highest BCUT2D eigenvalue weighted by Crippen LogP contribution is 2.15. The number of amides is 2. The Kier molecular flexibility index (Phi) is 6.92. The van der Waals surface area contributed by atoms with Gasteiger partial charge in [-0.05, 0) is 43.5 Å². The quantitative estimate of drug-likeness (QED) is 0.856. The van der Waals surface area contributed by atoms with Crippen LogP contribution in [0.4, 0.5) is 4.39 Å². The zero-order chi connectivity index (χ0) is 20.0. The molecule has 1 aromatic rings. The number of hydrogen-bond donors (Lipinski definition) is 1. The van der Waals surface area contributed by atoms with E-state index >= 15 is 0 Å². The Hall–Kier alpha value is -2.46. The molecule has 146 valence electrons. The Labute approximate surface area is 159 Å². The third kappa shape index (κ3) is 5.51. The van der Waals surface area contributed by atoms with Crippen molar-refractivity contribution < 1.29 is 14.0 Å². The minimum Gasteiger partial charge on any atom is -0.337 e. The van der Waals surface area contributed by atoms with Gasteiger partial charge in [0, 0.05) is 31.7 Å². The average Bonchev–Trinajstić information content (AvgIpc) is 2.87. The van der Waals surface area contributed by atoms with Gasteiger partial charge in [-0.15, -0.1) is 0 Å². The molecule has 0 aromatic heterocycles. The van der Waals surface area contributed by atoms with Crippen molar-refractivity contribution in [3.63, 3.8) is 0 Å². The number of carbonyl (C=O) groups is 2. The summed E-state index contributed by atoms with van der Waals surface area (Å²) < 4.78 is 13.0. The van der Waals surface area contributed by atoms with Crippen LogP contribution in [-0.2, 0) is 4.79 Å². The van der Waals surface area contributed by atoms with Gasteiger partial charge in [-0.2, -0.15) is 5.26 Å². The van der Waals surface area contributed by atoms with Crippen molar-refractivity contribution in [1.82, 2.24) is 15.1 Å². The first-order valence-corrected chi connectivity index (χ1v) is 9.24. The predicted molar refractivity (Wildman–Crippen MR) is 100 cm³/mol. The molecule has 1 aliphatic heterocycles. The van der Waals surface area contributed by atoms with Crippen LogP contribution in [0.2, 0.25) is 0 Å². The molecule has 1 saturated heterocycles. The zero-order valence-electron chi connectivity index (χ0n) is 16.2. The minimum atomic E-state index is -0.895. The highest BCUT2D eigenvalue weighted by molar-refractivity contribution is 5.94. The van der Waals surface area contributed by atoms with Gasteiger partial charge in [-0.25, -0.2) is 4.39 Å².